The second-order valence-electron chi connectivity index (χ2n) is 5.00. The SMILES string of the molecule is CN(C(=O)C1CCCC(N)C1)c1cccc(F)c1. The molecule has 2 atom stereocenters. The van der Waals surface area contributed by atoms with E-state index in [4.69, 9.17) is 5.73 Å². The van der Waals surface area contributed by atoms with E-state index in [0.717, 1.165) is 25.7 Å². The quantitative estimate of drug-likeness (QED) is 0.875. The molecule has 0 radical (unpaired) electrons. The van der Waals surface area contributed by atoms with Crippen molar-refractivity contribution in [2.45, 2.75) is 31.7 Å². The fraction of sp³-hybridized carbons (Fsp3) is 0.500. The predicted octanol–water partition coefficient (Wildman–Crippen LogP) is 2.31. The maximum absolute atomic E-state index is 13.1. The van der Waals surface area contributed by atoms with Crippen molar-refractivity contribution in [2.75, 3.05) is 11.9 Å². The fourth-order valence-corrected chi connectivity index (χ4v) is 2.54. The topological polar surface area (TPSA) is 46.3 Å². The maximum Gasteiger partial charge on any atom is 0.229 e. The molecule has 0 bridgehead atoms. The van der Waals surface area contributed by atoms with Gasteiger partial charge in [-0.05, 0) is 37.5 Å². The van der Waals surface area contributed by atoms with E-state index in [2.05, 4.69) is 0 Å². The zero-order valence-electron chi connectivity index (χ0n) is 10.6. The van der Waals surface area contributed by atoms with Crippen molar-refractivity contribution in [3.05, 3.63) is 30.1 Å². The second-order valence-corrected chi connectivity index (χ2v) is 5.00. The molecule has 2 rings (SSSR count). The summed E-state index contributed by atoms with van der Waals surface area (Å²) in [7, 11) is 1.69. The van der Waals surface area contributed by atoms with Crippen molar-refractivity contribution >= 4 is 11.6 Å². The van der Waals surface area contributed by atoms with Gasteiger partial charge in [-0.15, -0.1) is 0 Å². The Balaban J connectivity index is 2.08. The molecule has 98 valence electrons. The molecule has 4 heteroatoms. The van der Waals surface area contributed by atoms with Crippen molar-refractivity contribution in [1.82, 2.24) is 0 Å². The molecule has 1 aliphatic rings. The van der Waals surface area contributed by atoms with Gasteiger partial charge in [-0.25, -0.2) is 4.39 Å². The molecule has 1 aliphatic carbocycles. The Bertz CT molecular complexity index is 436. The summed E-state index contributed by atoms with van der Waals surface area (Å²) in [6.45, 7) is 0. The van der Waals surface area contributed by atoms with Gasteiger partial charge in [0.25, 0.3) is 0 Å². The normalized spacial score (nSPS) is 23.7. The summed E-state index contributed by atoms with van der Waals surface area (Å²) in [5.41, 5.74) is 6.49. The molecule has 1 aromatic rings. The van der Waals surface area contributed by atoms with Gasteiger partial charge in [0.05, 0.1) is 0 Å². The third-order valence-electron chi connectivity index (χ3n) is 3.59. The lowest BCUT2D eigenvalue weighted by molar-refractivity contribution is -0.123. The number of anilines is 1. The van der Waals surface area contributed by atoms with Crippen LogP contribution in [0.2, 0.25) is 0 Å². The smallest absolute Gasteiger partial charge is 0.229 e. The highest BCUT2D eigenvalue weighted by Gasteiger charge is 2.28. The average molecular weight is 250 g/mol. The number of nitrogens with zero attached hydrogens (tertiary/aromatic N) is 1. The minimum Gasteiger partial charge on any atom is -0.328 e. The number of nitrogens with two attached hydrogens (primary N) is 1. The molecule has 1 amide bonds. The van der Waals surface area contributed by atoms with Crippen molar-refractivity contribution < 1.29 is 9.18 Å². The molecule has 2 unspecified atom stereocenters. The standard InChI is InChI=1S/C14H19FN2O/c1-17(13-7-3-5-11(15)9-13)14(18)10-4-2-6-12(16)8-10/h3,5,7,9-10,12H,2,4,6,8,16H2,1H3. The number of benzene rings is 1. The van der Waals surface area contributed by atoms with Crippen molar-refractivity contribution in [3.8, 4) is 0 Å². The molecule has 2 N–H and O–H groups in total. The lowest BCUT2D eigenvalue weighted by atomic mass is 9.85. The van der Waals surface area contributed by atoms with Crippen LogP contribution in [0.5, 0.6) is 0 Å². The first-order valence-electron chi connectivity index (χ1n) is 6.36. The number of rotatable bonds is 2. The van der Waals surface area contributed by atoms with E-state index in [-0.39, 0.29) is 23.7 Å². The first-order chi connectivity index (χ1) is 8.58. The third-order valence-corrected chi connectivity index (χ3v) is 3.59. The maximum atomic E-state index is 13.1. The van der Waals surface area contributed by atoms with Gasteiger partial charge in [-0.1, -0.05) is 12.5 Å². The number of hydrogen-bond donors (Lipinski definition) is 1. The number of amides is 1. The summed E-state index contributed by atoms with van der Waals surface area (Å²) in [5.74, 6) is -0.315. The van der Waals surface area contributed by atoms with E-state index in [1.54, 1.807) is 19.2 Å². The molecule has 1 saturated carbocycles. The summed E-state index contributed by atoms with van der Waals surface area (Å²) in [5, 5.41) is 0. The van der Waals surface area contributed by atoms with E-state index in [1.807, 2.05) is 0 Å². The van der Waals surface area contributed by atoms with E-state index < -0.39 is 0 Å². The Morgan fingerprint density at radius 3 is 2.89 bits per heavy atom. The van der Waals surface area contributed by atoms with Gasteiger partial charge in [0.1, 0.15) is 5.82 Å². The van der Waals surface area contributed by atoms with E-state index >= 15 is 0 Å². The zero-order valence-corrected chi connectivity index (χ0v) is 10.6. The monoisotopic (exact) mass is 250 g/mol. The summed E-state index contributed by atoms with van der Waals surface area (Å²) < 4.78 is 13.1. The number of hydrogen-bond acceptors (Lipinski definition) is 2. The molecule has 1 fully saturated rings. The first kappa shape index (κ1) is 13.0. The van der Waals surface area contributed by atoms with Crippen LogP contribution in [-0.2, 0) is 4.79 Å². The molecule has 0 heterocycles. The highest BCUT2D eigenvalue weighted by molar-refractivity contribution is 5.94. The molecule has 3 nitrogen and oxygen atoms in total. The minimum atomic E-state index is -0.326. The molecular formula is C14H19FN2O. The highest BCUT2D eigenvalue weighted by atomic mass is 19.1. The van der Waals surface area contributed by atoms with E-state index in [0.29, 0.717) is 5.69 Å². The molecule has 0 saturated heterocycles. The van der Waals surface area contributed by atoms with E-state index in [9.17, 15) is 9.18 Å². The number of carbonyl (C=O) groups excluding carboxylic acids is 1. The molecule has 0 aliphatic heterocycles. The number of halogens is 1. The van der Waals surface area contributed by atoms with Crippen LogP contribution >= 0.6 is 0 Å². The van der Waals surface area contributed by atoms with Gasteiger partial charge < -0.3 is 10.6 Å². The van der Waals surface area contributed by atoms with Crippen LogP contribution in [0.1, 0.15) is 25.7 Å². The second kappa shape index (κ2) is 5.48. The van der Waals surface area contributed by atoms with Crippen LogP contribution < -0.4 is 10.6 Å². The molecular weight excluding hydrogens is 231 g/mol. The highest BCUT2D eigenvalue weighted by Crippen LogP contribution is 2.26. The lowest BCUT2D eigenvalue weighted by Gasteiger charge is -2.29. The molecule has 1 aromatic carbocycles. The molecule has 0 aromatic heterocycles. The summed E-state index contributed by atoms with van der Waals surface area (Å²) in [4.78, 5) is 13.8. The minimum absolute atomic E-state index is 0.0259. The summed E-state index contributed by atoms with van der Waals surface area (Å²) in [6.07, 6.45) is 3.60. The van der Waals surface area contributed by atoms with Gasteiger partial charge in [-0.3, -0.25) is 4.79 Å². The van der Waals surface area contributed by atoms with Crippen molar-refractivity contribution in [1.29, 1.82) is 0 Å². The van der Waals surface area contributed by atoms with Gasteiger partial charge >= 0.3 is 0 Å². The largest absolute Gasteiger partial charge is 0.328 e. The van der Waals surface area contributed by atoms with Crippen LogP contribution in [-0.4, -0.2) is 19.0 Å². The van der Waals surface area contributed by atoms with Crippen molar-refractivity contribution in [2.24, 2.45) is 11.7 Å². The Morgan fingerprint density at radius 2 is 2.22 bits per heavy atom. The lowest BCUT2D eigenvalue weighted by Crippen LogP contribution is -2.38. The Labute approximate surface area is 107 Å². The van der Waals surface area contributed by atoms with Gasteiger partial charge in [-0.2, -0.15) is 0 Å². The average Bonchev–Trinajstić information content (AvgIpc) is 2.37. The van der Waals surface area contributed by atoms with E-state index in [1.165, 1.54) is 17.0 Å². The van der Waals surface area contributed by atoms with Crippen molar-refractivity contribution in [3.63, 3.8) is 0 Å². The Hall–Kier alpha value is -1.42. The fourth-order valence-electron chi connectivity index (χ4n) is 2.54. The van der Waals surface area contributed by atoms with Gasteiger partial charge in [0.2, 0.25) is 5.91 Å². The zero-order chi connectivity index (χ0) is 13.1. The third kappa shape index (κ3) is 2.88. The Kier molecular flexibility index (Phi) is 3.97. The van der Waals surface area contributed by atoms with Gasteiger partial charge in [0, 0.05) is 24.7 Å². The first-order valence-corrected chi connectivity index (χ1v) is 6.36. The molecule has 0 spiro atoms. The summed E-state index contributed by atoms with van der Waals surface area (Å²) in [6, 6.07) is 6.22. The Morgan fingerprint density at radius 1 is 1.44 bits per heavy atom. The van der Waals surface area contributed by atoms with Gasteiger partial charge in [0.15, 0.2) is 0 Å². The van der Waals surface area contributed by atoms with Crippen LogP contribution in [0.3, 0.4) is 0 Å². The van der Waals surface area contributed by atoms with Crippen LogP contribution in [0, 0.1) is 11.7 Å². The van der Waals surface area contributed by atoms with Crippen LogP contribution in [0.15, 0.2) is 24.3 Å². The summed E-state index contributed by atoms with van der Waals surface area (Å²) >= 11 is 0. The predicted molar refractivity (Wildman–Crippen MR) is 69.7 cm³/mol. The van der Waals surface area contributed by atoms with Crippen LogP contribution in [0.4, 0.5) is 10.1 Å². The number of carbonyl (C=O) groups is 1. The molecule has 18 heavy (non-hydrogen) atoms. The van der Waals surface area contributed by atoms with Crippen LogP contribution in [0.25, 0.3) is 0 Å².